The molecule has 102 valence electrons. The SMILES string of the molecule is CC(=O)NCCC(O)C(O)c1ccc2ncsc2c1. The number of carbonyl (C=O) groups excluding carboxylic acids is 1. The quantitative estimate of drug-likeness (QED) is 0.769. The fourth-order valence-electron chi connectivity index (χ4n) is 1.83. The van der Waals surface area contributed by atoms with E-state index in [0.717, 1.165) is 10.2 Å². The van der Waals surface area contributed by atoms with Crippen LogP contribution in [0.15, 0.2) is 23.7 Å². The third kappa shape index (κ3) is 3.50. The van der Waals surface area contributed by atoms with Crippen LogP contribution in [0.4, 0.5) is 0 Å². The highest BCUT2D eigenvalue weighted by atomic mass is 32.1. The average Bonchev–Trinajstić information content (AvgIpc) is 2.84. The summed E-state index contributed by atoms with van der Waals surface area (Å²) in [6, 6.07) is 5.42. The minimum Gasteiger partial charge on any atom is -0.390 e. The number of fused-ring (bicyclic) bond motifs is 1. The van der Waals surface area contributed by atoms with Crippen LogP contribution in [-0.2, 0) is 4.79 Å². The van der Waals surface area contributed by atoms with Gasteiger partial charge < -0.3 is 15.5 Å². The molecular formula is C13H16N2O3S. The van der Waals surface area contributed by atoms with Gasteiger partial charge in [0.05, 0.1) is 21.8 Å². The first-order valence-electron chi connectivity index (χ1n) is 6.01. The number of nitrogens with zero attached hydrogens (tertiary/aromatic N) is 1. The molecule has 2 atom stereocenters. The maximum Gasteiger partial charge on any atom is 0.216 e. The topological polar surface area (TPSA) is 82.5 Å². The normalized spacial score (nSPS) is 14.3. The van der Waals surface area contributed by atoms with E-state index in [-0.39, 0.29) is 5.91 Å². The van der Waals surface area contributed by atoms with Crippen molar-refractivity contribution < 1.29 is 15.0 Å². The third-order valence-corrected chi connectivity index (χ3v) is 3.67. The maximum atomic E-state index is 10.7. The summed E-state index contributed by atoms with van der Waals surface area (Å²) in [7, 11) is 0. The lowest BCUT2D eigenvalue weighted by molar-refractivity contribution is -0.119. The number of hydrogen-bond acceptors (Lipinski definition) is 5. The molecule has 6 heteroatoms. The largest absolute Gasteiger partial charge is 0.390 e. The Hall–Kier alpha value is -1.50. The Morgan fingerprint density at radius 1 is 1.47 bits per heavy atom. The van der Waals surface area contributed by atoms with Gasteiger partial charge in [0.2, 0.25) is 5.91 Å². The zero-order valence-corrected chi connectivity index (χ0v) is 11.4. The van der Waals surface area contributed by atoms with Gasteiger partial charge in [-0.3, -0.25) is 4.79 Å². The van der Waals surface area contributed by atoms with Gasteiger partial charge in [0.1, 0.15) is 6.10 Å². The van der Waals surface area contributed by atoms with Crippen LogP contribution in [0.5, 0.6) is 0 Å². The molecule has 0 fully saturated rings. The van der Waals surface area contributed by atoms with Crippen molar-refractivity contribution >= 4 is 27.5 Å². The van der Waals surface area contributed by atoms with Gasteiger partial charge in [0.15, 0.2) is 0 Å². The number of hydrogen-bond donors (Lipinski definition) is 3. The number of aliphatic hydroxyl groups excluding tert-OH is 2. The summed E-state index contributed by atoms with van der Waals surface area (Å²) >= 11 is 1.49. The van der Waals surface area contributed by atoms with Crippen molar-refractivity contribution in [2.24, 2.45) is 0 Å². The first-order chi connectivity index (χ1) is 9.08. The predicted octanol–water partition coefficient (Wildman–Crippen LogP) is 1.22. The van der Waals surface area contributed by atoms with Gasteiger partial charge in [-0.1, -0.05) is 6.07 Å². The van der Waals surface area contributed by atoms with Crippen LogP contribution < -0.4 is 5.32 Å². The van der Waals surface area contributed by atoms with Crippen molar-refractivity contribution in [3.05, 3.63) is 29.3 Å². The van der Waals surface area contributed by atoms with Gasteiger partial charge in [-0.15, -0.1) is 11.3 Å². The van der Waals surface area contributed by atoms with E-state index in [1.165, 1.54) is 18.3 Å². The van der Waals surface area contributed by atoms with E-state index in [1.807, 2.05) is 12.1 Å². The van der Waals surface area contributed by atoms with Crippen LogP contribution in [0.3, 0.4) is 0 Å². The van der Waals surface area contributed by atoms with E-state index >= 15 is 0 Å². The van der Waals surface area contributed by atoms with Gasteiger partial charge in [0, 0.05) is 13.5 Å². The number of thiazole rings is 1. The van der Waals surface area contributed by atoms with E-state index in [4.69, 9.17) is 0 Å². The second kappa shape index (κ2) is 6.10. The van der Waals surface area contributed by atoms with E-state index in [0.29, 0.717) is 18.5 Å². The number of rotatable bonds is 5. The van der Waals surface area contributed by atoms with Crippen LogP contribution in [0.2, 0.25) is 0 Å². The fourth-order valence-corrected chi connectivity index (χ4v) is 2.56. The van der Waals surface area contributed by atoms with E-state index in [1.54, 1.807) is 11.6 Å². The standard InChI is InChI=1S/C13H16N2O3S/c1-8(16)14-5-4-11(17)13(18)9-2-3-10-12(6-9)19-7-15-10/h2-3,6-7,11,13,17-18H,4-5H2,1H3,(H,14,16). The molecule has 1 aromatic heterocycles. The number of aliphatic hydroxyl groups is 2. The lowest BCUT2D eigenvalue weighted by atomic mass is 10.0. The molecule has 0 spiro atoms. The van der Waals surface area contributed by atoms with Crippen LogP contribution >= 0.6 is 11.3 Å². The molecule has 0 aliphatic rings. The molecule has 1 aromatic carbocycles. The van der Waals surface area contributed by atoms with Gasteiger partial charge in [-0.25, -0.2) is 4.98 Å². The zero-order valence-electron chi connectivity index (χ0n) is 10.5. The van der Waals surface area contributed by atoms with E-state index < -0.39 is 12.2 Å². The molecule has 0 saturated heterocycles. The summed E-state index contributed by atoms with van der Waals surface area (Å²) < 4.78 is 0.977. The highest BCUT2D eigenvalue weighted by Crippen LogP contribution is 2.25. The first kappa shape index (κ1) is 13.9. The summed E-state index contributed by atoms with van der Waals surface area (Å²) in [6.07, 6.45) is -1.56. The summed E-state index contributed by atoms with van der Waals surface area (Å²) in [5.74, 6) is -0.146. The van der Waals surface area contributed by atoms with Crippen molar-refractivity contribution in [3.63, 3.8) is 0 Å². The Labute approximate surface area is 114 Å². The van der Waals surface area contributed by atoms with Crippen molar-refractivity contribution in [2.75, 3.05) is 6.54 Å². The molecule has 0 saturated carbocycles. The lowest BCUT2D eigenvalue weighted by Gasteiger charge is -2.18. The first-order valence-corrected chi connectivity index (χ1v) is 6.89. The lowest BCUT2D eigenvalue weighted by Crippen LogP contribution is -2.27. The average molecular weight is 280 g/mol. The molecule has 2 aromatic rings. The molecular weight excluding hydrogens is 264 g/mol. The Kier molecular flexibility index (Phi) is 4.47. The number of amides is 1. The number of carbonyl (C=O) groups is 1. The smallest absolute Gasteiger partial charge is 0.216 e. The Morgan fingerprint density at radius 2 is 2.26 bits per heavy atom. The van der Waals surface area contributed by atoms with Gasteiger partial charge in [0.25, 0.3) is 0 Å². The van der Waals surface area contributed by atoms with Crippen LogP contribution in [0.25, 0.3) is 10.2 Å². The Morgan fingerprint density at radius 3 is 3.00 bits per heavy atom. The molecule has 3 N–H and O–H groups in total. The van der Waals surface area contributed by atoms with Crippen molar-refractivity contribution in [2.45, 2.75) is 25.6 Å². The molecule has 0 aliphatic carbocycles. The highest BCUT2D eigenvalue weighted by molar-refractivity contribution is 7.16. The second-order valence-corrected chi connectivity index (χ2v) is 5.25. The van der Waals surface area contributed by atoms with Gasteiger partial charge in [-0.2, -0.15) is 0 Å². The van der Waals surface area contributed by atoms with Crippen molar-refractivity contribution in [1.29, 1.82) is 0 Å². The maximum absolute atomic E-state index is 10.7. The highest BCUT2D eigenvalue weighted by Gasteiger charge is 2.18. The summed E-state index contributed by atoms with van der Waals surface area (Å²) in [6.45, 7) is 1.76. The number of nitrogens with one attached hydrogen (secondary N) is 1. The Bertz CT molecular complexity index is 570. The fraction of sp³-hybridized carbons (Fsp3) is 0.385. The molecule has 1 amide bonds. The molecule has 2 rings (SSSR count). The molecule has 1 heterocycles. The van der Waals surface area contributed by atoms with Crippen LogP contribution in [0.1, 0.15) is 25.0 Å². The minimum absolute atomic E-state index is 0.146. The van der Waals surface area contributed by atoms with Crippen LogP contribution in [0, 0.1) is 0 Å². The summed E-state index contributed by atoms with van der Waals surface area (Å²) in [4.78, 5) is 14.9. The summed E-state index contributed by atoms with van der Waals surface area (Å²) in [5, 5.41) is 22.6. The molecule has 0 bridgehead atoms. The van der Waals surface area contributed by atoms with Crippen LogP contribution in [-0.4, -0.2) is 33.8 Å². The monoisotopic (exact) mass is 280 g/mol. The van der Waals surface area contributed by atoms with Crippen molar-refractivity contribution in [1.82, 2.24) is 10.3 Å². The summed E-state index contributed by atoms with van der Waals surface area (Å²) in [5.41, 5.74) is 3.29. The molecule has 0 aliphatic heterocycles. The second-order valence-electron chi connectivity index (χ2n) is 4.36. The molecule has 2 unspecified atom stereocenters. The molecule has 19 heavy (non-hydrogen) atoms. The number of benzene rings is 1. The number of aromatic nitrogens is 1. The van der Waals surface area contributed by atoms with Gasteiger partial charge >= 0.3 is 0 Å². The Balaban J connectivity index is 2.01. The predicted molar refractivity (Wildman–Crippen MR) is 73.9 cm³/mol. The van der Waals surface area contributed by atoms with Gasteiger partial charge in [-0.05, 0) is 24.1 Å². The minimum atomic E-state index is -0.958. The molecule has 5 nitrogen and oxygen atoms in total. The third-order valence-electron chi connectivity index (χ3n) is 2.88. The van der Waals surface area contributed by atoms with E-state index in [9.17, 15) is 15.0 Å². The van der Waals surface area contributed by atoms with Crippen molar-refractivity contribution in [3.8, 4) is 0 Å². The zero-order chi connectivity index (χ0) is 13.8. The van der Waals surface area contributed by atoms with E-state index in [2.05, 4.69) is 10.3 Å². The molecule has 0 radical (unpaired) electrons.